The summed E-state index contributed by atoms with van der Waals surface area (Å²) in [5, 5.41) is 9.26. The van der Waals surface area contributed by atoms with Gasteiger partial charge in [0.15, 0.2) is 5.60 Å². The fourth-order valence-corrected chi connectivity index (χ4v) is 1.97. The van der Waals surface area contributed by atoms with E-state index in [0.717, 1.165) is 6.42 Å². The molecule has 1 amide bonds. The Balaban J connectivity index is 1.76. The SMILES string of the molecule is CC1CC1CC(=O)N1CC(O)(C(F)F)C1. The second-order valence-corrected chi connectivity index (χ2v) is 4.83. The van der Waals surface area contributed by atoms with Crippen LogP contribution in [0.2, 0.25) is 0 Å². The van der Waals surface area contributed by atoms with Gasteiger partial charge < -0.3 is 10.0 Å². The highest BCUT2D eigenvalue weighted by molar-refractivity contribution is 5.78. The van der Waals surface area contributed by atoms with Crippen LogP contribution in [0, 0.1) is 11.8 Å². The van der Waals surface area contributed by atoms with Gasteiger partial charge in [-0.2, -0.15) is 0 Å². The largest absolute Gasteiger partial charge is 0.380 e. The Morgan fingerprint density at radius 2 is 2.13 bits per heavy atom. The maximum Gasteiger partial charge on any atom is 0.270 e. The molecule has 2 fully saturated rings. The van der Waals surface area contributed by atoms with Crippen molar-refractivity contribution in [3.05, 3.63) is 0 Å². The monoisotopic (exact) mass is 219 g/mol. The number of hydrogen-bond acceptors (Lipinski definition) is 2. The summed E-state index contributed by atoms with van der Waals surface area (Å²) >= 11 is 0. The molecule has 0 aromatic carbocycles. The fourth-order valence-electron chi connectivity index (χ4n) is 1.97. The highest BCUT2D eigenvalue weighted by Crippen LogP contribution is 2.41. The lowest BCUT2D eigenvalue weighted by molar-refractivity contribution is -0.189. The van der Waals surface area contributed by atoms with Gasteiger partial charge in [0, 0.05) is 6.42 Å². The quantitative estimate of drug-likeness (QED) is 0.765. The molecule has 1 heterocycles. The van der Waals surface area contributed by atoms with Crippen molar-refractivity contribution in [1.29, 1.82) is 0 Å². The molecule has 0 spiro atoms. The summed E-state index contributed by atoms with van der Waals surface area (Å²) in [6.45, 7) is 1.64. The van der Waals surface area contributed by atoms with Crippen molar-refractivity contribution in [3.8, 4) is 0 Å². The Morgan fingerprint density at radius 3 is 2.53 bits per heavy atom. The highest BCUT2D eigenvalue weighted by atomic mass is 19.3. The molecule has 1 saturated carbocycles. The van der Waals surface area contributed by atoms with E-state index in [2.05, 4.69) is 6.92 Å². The van der Waals surface area contributed by atoms with E-state index >= 15 is 0 Å². The molecule has 2 atom stereocenters. The van der Waals surface area contributed by atoms with Gasteiger partial charge in [-0.3, -0.25) is 4.79 Å². The van der Waals surface area contributed by atoms with Crippen molar-refractivity contribution in [2.45, 2.75) is 31.8 Å². The van der Waals surface area contributed by atoms with Crippen LogP contribution >= 0.6 is 0 Å². The molecule has 2 unspecified atom stereocenters. The zero-order valence-corrected chi connectivity index (χ0v) is 8.62. The number of alkyl halides is 2. The first-order valence-electron chi connectivity index (χ1n) is 5.20. The van der Waals surface area contributed by atoms with Crippen molar-refractivity contribution in [3.63, 3.8) is 0 Å². The number of halogens is 2. The summed E-state index contributed by atoms with van der Waals surface area (Å²) in [5.41, 5.74) is -1.95. The zero-order valence-electron chi connectivity index (χ0n) is 8.62. The molecule has 1 aliphatic heterocycles. The van der Waals surface area contributed by atoms with E-state index in [0.29, 0.717) is 18.3 Å². The number of carbonyl (C=O) groups is 1. The number of likely N-dealkylation sites (tertiary alicyclic amines) is 1. The Morgan fingerprint density at radius 1 is 1.60 bits per heavy atom. The van der Waals surface area contributed by atoms with Crippen molar-refractivity contribution in [2.24, 2.45) is 11.8 Å². The van der Waals surface area contributed by atoms with Gasteiger partial charge in [0.25, 0.3) is 6.43 Å². The van der Waals surface area contributed by atoms with E-state index in [-0.39, 0.29) is 19.0 Å². The molecule has 0 radical (unpaired) electrons. The number of rotatable bonds is 3. The topological polar surface area (TPSA) is 40.5 Å². The third-order valence-corrected chi connectivity index (χ3v) is 3.40. The van der Waals surface area contributed by atoms with Gasteiger partial charge in [-0.15, -0.1) is 0 Å². The van der Waals surface area contributed by atoms with Gasteiger partial charge in [-0.05, 0) is 18.3 Å². The second-order valence-electron chi connectivity index (χ2n) is 4.83. The molecular formula is C10H15F2NO2. The number of hydrogen-bond donors (Lipinski definition) is 1. The van der Waals surface area contributed by atoms with Crippen molar-refractivity contribution in [2.75, 3.05) is 13.1 Å². The van der Waals surface area contributed by atoms with Crippen LogP contribution in [0.1, 0.15) is 19.8 Å². The molecule has 2 aliphatic rings. The first kappa shape index (κ1) is 10.8. The maximum atomic E-state index is 12.2. The molecule has 2 rings (SSSR count). The number of aliphatic hydroxyl groups is 1. The van der Waals surface area contributed by atoms with E-state index in [1.54, 1.807) is 0 Å². The standard InChI is InChI=1S/C10H15F2NO2/c1-6-2-7(6)3-8(14)13-4-10(15,5-13)9(11)12/h6-7,9,15H,2-5H2,1H3. The normalized spacial score (nSPS) is 32.7. The average molecular weight is 219 g/mol. The highest BCUT2D eigenvalue weighted by Gasteiger charge is 2.51. The van der Waals surface area contributed by atoms with E-state index in [9.17, 15) is 18.7 Å². The van der Waals surface area contributed by atoms with Crippen LogP contribution in [0.4, 0.5) is 8.78 Å². The molecular weight excluding hydrogens is 204 g/mol. The van der Waals surface area contributed by atoms with Crippen LogP contribution in [0.15, 0.2) is 0 Å². The summed E-state index contributed by atoms with van der Waals surface area (Å²) < 4.78 is 24.5. The Bertz CT molecular complexity index is 277. The van der Waals surface area contributed by atoms with Gasteiger partial charge >= 0.3 is 0 Å². The third kappa shape index (κ3) is 1.97. The lowest BCUT2D eigenvalue weighted by Gasteiger charge is -2.45. The van der Waals surface area contributed by atoms with Gasteiger partial charge in [0.05, 0.1) is 13.1 Å². The fraction of sp³-hybridized carbons (Fsp3) is 0.900. The number of carbonyl (C=O) groups excluding carboxylic acids is 1. The summed E-state index contributed by atoms with van der Waals surface area (Å²) in [5.74, 6) is 0.914. The van der Waals surface area contributed by atoms with Crippen molar-refractivity contribution >= 4 is 5.91 Å². The lowest BCUT2D eigenvalue weighted by atomic mass is 9.94. The number of nitrogens with zero attached hydrogens (tertiary/aromatic N) is 1. The molecule has 0 bridgehead atoms. The Labute approximate surface area is 87.1 Å². The van der Waals surface area contributed by atoms with Crippen LogP contribution < -0.4 is 0 Å². The number of β-amino-alcohol motifs (C(OH)–C–C–N with tert-alkyl or cyclic N) is 1. The van der Waals surface area contributed by atoms with E-state index < -0.39 is 12.0 Å². The molecule has 3 nitrogen and oxygen atoms in total. The molecule has 1 aliphatic carbocycles. The summed E-state index contributed by atoms with van der Waals surface area (Å²) in [7, 11) is 0. The lowest BCUT2D eigenvalue weighted by Crippen LogP contribution is -2.67. The van der Waals surface area contributed by atoms with E-state index in [1.165, 1.54) is 4.90 Å². The first-order chi connectivity index (χ1) is 6.92. The predicted molar refractivity (Wildman–Crippen MR) is 49.4 cm³/mol. The third-order valence-electron chi connectivity index (χ3n) is 3.40. The minimum Gasteiger partial charge on any atom is -0.380 e. The van der Waals surface area contributed by atoms with Crippen LogP contribution in [0.5, 0.6) is 0 Å². The molecule has 1 saturated heterocycles. The van der Waals surface area contributed by atoms with Gasteiger partial charge in [0.2, 0.25) is 5.91 Å². The van der Waals surface area contributed by atoms with Gasteiger partial charge in [-0.25, -0.2) is 8.78 Å². The average Bonchev–Trinajstić information content (AvgIpc) is 2.75. The molecule has 86 valence electrons. The summed E-state index contributed by atoms with van der Waals surface area (Å²) in [6.07, 6.45) is -1.26. The molecule has 0 aromatic rings. The van der Waals surface area contributed by atoms with E-state index in [1.807, 2.05) is 0 Å². The molecule has 5 heteroatoms. The van der Waals surface area contributed by atoms with Gasteiger partial charge in [-0.1, -0.05) is 6.92 Å². The second kappa shape index (κ2) is 3.40. The molecule has 0 aromatic heterocycles. The summed E-state index contributed by atoms with van der Waals surface area (Å²) in [4.78, 5) is 12.8. The predicted octanol–water partition coefficient (Wildman–Crippen LogP) is 0.871. The smallest absolute Gasteiger partial charge is 0.270 e. The Kier molecular flexibility index (Phi) is 2.45. The summed E-state index contributed by atoms with van der Waals surface area (Å²) in [6, 6.07) is 0. The van der Waals surface area contributed by atoms with Crippen molar-refractivity contribution < 1.29 is 18.7 Å². The molecule has 1 N–H and O–H groups in total. The van der Waals surface area contributed by atoms with E-state index in [4.69, 9.17) is 0 Å². The van der Waals surface area contributed by atoms with Crippen LogP contribution in [0.25, 0.3) is 0 Å². The van der Waals surface area contributed by atoms with Crippen LogP contribution in [-0.4, -0.2) is 41.0 Å². The van der Waals surface area contributed by atoms with Crippen LogP contribution in [0.3, 0.4) is 0 Å². The van der Waals surface area contributed by atoms with Crippen LogP contribution in [-0.2, 0) is 4.79 Å². The molecule has 15 heavy (non-hydrogen) atoms. The maximum absolute atomic E-state index is 12.2. The van der Waals surface area contributed by atoms with Crippen molar-refractivity contribution in [1.82, 2.24) is 4.90 Å². The number of amides is 1. The zero-order chi connectivity index (χ0) is 11.2. The first-order valence-corrected chi connectivity index (χ1v) is 5.20. The van der Waals surface area contributed by atoms with Gasteiger partial charge in [0.1, 0.15) is 0 Å². The minimum absolute atomic E-state index is 0.102. The minimum atomic E-state index is -2.76. The Hall–Kier alpha value is -0.710.